The summed E-state index contributed by atoms with van der Waals surface area (Å²) in [5.41, 5.74) is 0.599. The second-order valence-electron chi connectivity index (χ2n) is 6.93. The van der Waals surface area contributed by atoms with Crippen molar-refractivity contribution in [3.63, 3.8) is 0 Å². The molecule has 0 bridgehead atoms. The van der Waals surface area contributed by atoms with Crippen LogP contribution in [-0.2, 0) is 27.9 Å². The second kappa shape index (κ2) is 7.14. The van der Waals surface area contributed by atoms with Crippen LogP contribution in [0.5, 0.6) is 0 Å². The lowest BCUT2D eigenvalue weighted by molar-refractivity contribution is -0.146. The molecule has 1 spiro atoms. The minimum absolute atomic E-state index is 0.0423. The number of aryl methyl sites for hydroxylation is 1. The van der Waals surface area contributed by atoms with E-state index in [2.05, 4.69) is 15.0 Å². The van der Waals surface area contributed by atoms with E-state index in [1.807, 2.05) is 37.6 Å². The molecule has 0 aliphatic carbocycles. The number of ether oxygens (including phenoxy) is 2. The molecule has 0 saturated carbocycles. The lowest BCUT2D eigenvalue weighted by Gasteiger charge is -2.42. The number of nitrogens with zero attached hydrogens (tertiary/aromatic N) is 5. The zero-order chi connectivity index (χ0) is 18.0. The van der Waals surface area contributed by atoms with Crippen LogP contribution < -0.4 is 4.90 Å². The average molecular weight is 357 g/mol. The molecule has 1 amide bonds. The van der Waals surface area contributed by atoms with Gasteiger partial charge in [-0.15, -0.1) is 0 Å². The predicted octanol–water partition coefficient (Wildman–Crippen LogP) is 0.450. The normalized spacial score (nSPS) is 24.8. The second-order valence-corrected chi connectivity index (χ2v) is 6.93. The first-order chi connectivity index (χ1) is 12.6. The van der Waals surface area contributed by atoms with Crippen molar-refractivity contribution in [2.45, 2.75) is 12.1 Å². The van der Waals surface area contributed by atoms with Crippen molar-refractivity contribution in [3.8, 4) is 0 Å². The van der Waals surface area contributed by atoms with Gasteiger partial charge in [0.05, 0.1) is 26.0 Å². The van der Waals surface area contributed by atoms with Crippen molar-refractivity contribution in [3.05, 3.63) is 42.4 Å². The summed E-state index contributed by atoms with van der Waals surface area (Å²) in [4.78, 5) is 20.7. The van der Waals surface area contributed by atoms with Gasteiger partial charge in [-0.2, -0.15) is 5.10 Å². The highest BCUT2D eigenvalue weighted by Gasteiger charge is 2.43. The number of amides is 1. The van der Waals surface area contributed by atoms with E-state index in [0.717, 1.165) is 18.7 Å². The van der Waals surface area contributed by atoms with Crippen molar-refractivity contribution in [1.82, 2.24) is 19.7 Å². The number of hydrogen-bond donors (Lipinski definition) is 0. The monoisotopic (exact) mass is 357 g/mol. The number of aromatic nitrogens is 3. The van der Waals surface area contributed by atoms with Crippen LogP contribution in [0.3, 0.4) is 0 Å². The fourth-order valence-corrected chi connectivity index (χ4v) is 3.55. The van der Waals surface area contributed by atoms with Crippen LogP contribution in [0.2, 0.25) is 0 Å². The number of carbonyl (C=O) groups excluding carboxylic acids is 1. The van der Waals surface area contributed by atoms with E-state index in [9.17, 15) is 4.79 Å². The van der Waals surface area contributed by atoms with Crippen molar-refractivity contribution < 1.29 is 14.3 Å². The molecule has 1 atom stereocenters. The van der Waals surface area contributed by atoms with Crippen LogP contribution in [0, 0.1) is 0 Å². The average Bonchev–Trinajstić information content (AvgIpc) is 2.95. The van der Waals surface area contributed by atoms with E-state index in [1.54, 1.807) is 15.8 Å². The maximum Gasteiger partial charge on any atom is 0.254 e. The maximum atomic E-state index is 12.4. The molecule has 0 radical (unpaired) electrons. The summed E-state index contributed by atoms with van der Waals surface area (Å²) in [5, 5.41) is 4.24. The molecule has 2 aliphatic rings. The Kier molecular flexibility index (Phi) is 4.71. The third-order valence-corrected chi connectivity index (χ3v) is 4.77. The third kappa shape index (κ3) is 3.62. The maximum absolute atomic E-state index is 12.4. The fraction of sp³-hybridized carbons (Fsp3) is 0.500. The SMILES string of the molecule is Cn1cc(CN2CCOC[C@]3(C2)CN(c2ccccn2)C(=O)CO3)cn1. The summed E-state index contributed by atoms with van der Waals surface area (Å²) in [6, 6.07) is 5.58. The molecule has 2 aromatic rings. The van der Waals surface area contributed by atoms with Gasteiger partial charge in [-0.3, -0.25) is 19.3 Å². The van der Waals surface area contributed by atoms with Crippen LogP contribution in [-0.4, -0.2) is 70.6 Å². The molecule has 4 heterocycles. The summed E-state index contributed by atoms with van der Waals surface area (Å²) in [6.45, 7) is 3.87. The van der Waals surface area contributed by atoms with Crippen LogP contribution in [0.15, 0.2) is 36.8 Å². The predicted molar refractivity (Wildman–Crippen MR) is 94.6 cm³/mol. The van der Waals surface area contributed by atoms with Crippen LogP contribution in [0.1, 0.15) is 5.56 Å². The molecular formula is C18H23N5O3. The number of anilines is 1. The summed E-state index contributed by atoms with van der Waals surface area (Å²) >= 11 is 0. The lowest BCUT2D eigenvalue weighted by atomic mass is 10.0. The highest BCUT2D eigenvalue weighted by Crippen LogP contribution is 2.26. The summed E-state index contributed by atoms with van der Waals surface area (Å²) < 4.78 is 13.7. The van der Waals surface area contributed by atoms with E-state index in [-0.39, 0.29) is 12.5 Å². The molecule has 2 aromatic heterocycles. The van der Waals surface area contributed by atoms with E-state index in [0.29, 0.717) is 32.1 Å². The standard InChI is InChI=1S/C18H23N5O3/c1-21-9-15(8-20-21)10-22-6-7-25-14-18(12-22)13-23(17(24)11-26-18)16-4-2-3-5-19-16/h2-5,8-9H,6-7,10-14H2,1H3/t18-/m0/s1. The van der Waals surface area contributed by atoms with Gasteiger partial charge in [0.25, 0.3) is 5.91 Å². The van der Waals surface area contributed by atoms with Crippen molar-refractivity contribution in [2.75, 3.05) is 44.4 Å². The number of hydrogen-bond acceptors (Lipinski definition) is 6. The molecule has 2 saturated heterocycles. The highest BCUT2D eigenvalue weighted by molar-refractivity contribution is 5.94. The molecule has 0 N–H and O–H groups in total. The number of pyridine rings is 1. The van der Waals surface area contributed by atoms with Crippen LogP contribution in [0.4, 0.5) is 5.82 Å². The molecular weight excluding hydrogens is 334 g/mol. The first-order valence-electron chi connectivity index (χ1n) is 8.77. The van der Waals surface area contributed by atoms with Gasteiger partial charge in [-0.05, 0) is 12.1 Å². The molecule has 0 unspecified atom stereocenters. The Bertz CT molecular complexity index is 765. The third-order valence-electron chi connectivity index (χ3n) is 4.77. The van der Waals surface area contributed by atoms with E-state index in [1.165, 1.54) is 0 Å². The first kappa shape index (κ1) is 17.1. The van der Waals surface area contributed by atoms with Gasteiger partial charge in [0.15, 0.2) is 0 Å². The number of rotatable bonds is 3. The molecule has 138 valence electrons. The van der Waals surface area contributed by atoms with Gasteiger partial charge >= 0.3 is 0 Å². The summed E-state index contributed by atoms with van der Waals surface area (Å²) in [5.74, 6) is 0.584. The lowest BCUT2D eigenvalue weighted by Crippen LogP contribution is -2.60. The summed E-state index contributed by atoms with van der Waals surface area (Å²) in [7, 11) is 1.91. The fourth-order valence-electron chi connectivity index (χ4n) is 3.55. The van der Waals surface area contributed by atoms with Crippen molar-refractivity contribution in [2.24, 2.45) is 7.05 Å². The molecule has 26 heavy (non-hydrogen) atoms. The van der Waals surface area contributed by atoms with E-state index < -0.39 is 5.60 Å². The van der Waals surface area contributed by atoms with Crippen LogP contribution >= 0.6 is 0 Å². The quantitative estimate of drug-likeness (QED) is 0.794. The molecule has 2 fully saturated rings. The minimum atomic E-state index is -0.551. The van der Waals surface area contributed by atoms with Crippen LogP contribution in [0.25, 0.3) is 0 Å². The largest absolute Gasteiger partial charge is 0.377 e. The Morgan fingerprint density at radius 2 is 2.23 bits per heavy atom. The van der Waals surface area contributed by atoms with Crippen molar-refractivity contribution >= 4 is 11.7 Å². The van der Waals surface area contributed by atoms with Gasteiger partial charge in [0, 0.05) is 44.6 Å². The minimum Gasteiger partial charge on any atom is -0.377 e. The zero-order valence-corrected chi connectivity index (χ0v) is 14.9. The molecule has 4 rings (SSSR count). The Balaban J connectivity index is 1.52. The van der Waals surface area contributed by atoms with Gasteiger partial charge in [-0.1, -0.05) is 6.07 Å². The van der Waals surface area contributed by atoms with Gasteiger partial charge in [0.1, 0.15) is 18.0 Å². The van der Waals surface area contributed by atoms with Gasteiger partial charge < -0.3 is 9.47 Å². The Labute approximate surface area is 152 Å². The topological polar surface area (TPSA) is 72.7 Å². The highest BCUT2D eigenvalue weighted by atomic mass is 16.6. The Morgan fingerprint density at radius 3 is 3.00 bits per heavy atom. The zero-order valence-electron chi connectivity index (χ0n) is 14.9. The van der Waals surface area contributed by atoms with Crippen molar-refractivity contribution in [1.29, 1.82) is 0 Å². The number of carbonyl (C=O) groups is 1. The first-order valence-corrected chi connectivity index (χ1v) is 8.77. The van der Waals surface area contributed by atoms with E-state index >= 15 is 0 Å². The Hall–Kier alpha value is -2.29. The number of morpholine rings is 1. The van der Waals surface area contributed by atoms with Gasteiger partial charge in [0.2, 0.25) is 0 Å². The molecule has 8 heteroatoms. The molecule has 0 aromatic carbocycles. The molecule has 8 nitrogen and oxygen atoms in total. The van der Waals surface area contributed by atoms with Gasteiger partial charge in [-0.25, -0.2) is 4.98 Å². The van der Waals surface area contributed by atoms with E-state index in [4.69, 9.17) is 9.47 Å². The molecule has 2 aliphatic heterocycles. The summed E-state index contributed by atoms with van der Waals surface area (Å²) in [6.07, 6.45) is 5.59. The Morgan fingerprint density at radius 1 is 1.31 bits per heavy atom. The smallest absolute Gasteiger partial charge is 0.254 e.